The van der Waals surface area contributed by atoms with Crippen LogP contribution in [0.2, 0.25) is 19.6 Å². The molecular formula is C30H29OPSi. The van der Waals surface area contributed by atoms with Gasteiger partial charge < -0.3 is 0 Å². The van der Waals surface area contributed by atoms with E-state index in [0.29, 0.717) is 0 Å². The van der Waals surface area contributed by atoms with Crippen molar-refractivity contribution in [3.8, 4) is 0 Å². The first-order valence-corrected chi connectivity index (χ1v) is 16.1. The van der Waals surface area contributed by atoms with E-state index in [1.165, 1.54) is 15.9 Å². The Labute approximate surface area is 199 Å². The average Bonchev–Trinajstić information content (AvgIpc) is 2.85. The lowest BCUT2D eigenvalue weighted by atomic mass is 10.1. The summed E-state index contributed by atoms with van der Waals surface area (Å²) in [5.74, 6) is 0.160. The Morgan fingerprint density at radius 1 is 0.545 bits per heavy atom. The zero-order chi connectivity index (χ0) is 23.3. The number of rotatable bonds is 7. The fraction of sp³-hybridized carbons (Fsp3) is 0.100. The summed E-state index contributed by atoms with van der Waals surface area (Å²) < 4.78 is 0. The summed E-state index contributed by atoms with van der Waals surface area (Å²) in [4.78, 5) is 14.2. The quantitative estimate of drug-likeness (QED) is 0.121. The first-order valence-electron chi connectivity index (χ1n) is 11.3. The standard InChI is InChI=1S/C30H29OPSi/c1-33(2,3)30(28(31)24-16-8-4-9-17-24)29(25-18-10-5-11-19-25)32(26-20-12-6-13-21-26)27-22-14-7-15-23-27/h4-23H,1-3H3/b30-29-. The van der Waals surface area contributed by atoms with Gasteiger partial charge in [-0.3, -0.25) is 4.79 Å². The lowest BCUT2D eigenvalue weighted by Crippen LogP contribution is -2.32. The SMILES string of the molecule is C[Si](C)(C)/C(C(=O)c1ccccc1)=C(/c1ccccc1)P(c1ccccc1)c1ccccc1. The normalized spacial score (nSPS) is 12.4. The van der Waals surface area contributed by atoms with Crippen LogP contribution in [-0.2, 0) is 0 Å². The molecule has 0 amide bonds. The van der Waals surface area contributed by atoms with E-state index in [2.05, 4.69) is 105 Å². The number of Topliss-reactive ketones (excluding diaryl/α,β-unsaturated/α-hetero) is 1. The maximum Gasteiger partial charge on any atom is 0.185 e. The van der Waals surface area contributed by atoms with Gasteiger partial charge in [0.05, 0.1) is 8.07 Å². The molecule has 0 atom stereocenters. The van der Waals surface area contributed by atoms with Crippen molar-refractivity contribution in [3.63, 3.8) is 0 Å². The van der Waals surface area contributed by atoms with Gasteiger partial charge in [-0.1, -0.05) is 141 Å². The molecule has 0 unspecified atom stereocenters. The highest BCUT2D eigenvalue weighted by Gasteiger charge is 2.34. The fourth-order valence-corrected chi connectivity index (χ4v) is 9.59. The molecule has 0 fully saturated rings. The average molecular weight is 465 g/mol. The monoisotopic (exact) mass is 464 g/mol. The van der Waals surface area contributed by atoms with Crippen molar-refractivity contribution < 1.29 is 4.79 Å². The Kier molecular flexibility index (Phi) is 7.18. The van der Waals surface area contributed by atoms with E-state index < -0.39 is 16.0 Å². The molecule has 3 heteroatoms. The molecule has 0 aliphatic carbocycles. The summed E-state index contributed by atoms with van der Waals surface area (Å²) in [6.07, 6.45) is 0. The van der Waals surface area contributed by atoms with Gasteiger partial charge in [0.15, 0.2) is 5.78 Å². The minimum atomic E-state index is -2.06. The Balaban J connectivity index is 2.10. The molecule has 4 aromatic rings. The zero-order valence-corrected chi connectivity index (χ0v) is 21.3. The fourth-order valence-electron chi connectivity index (χ4n) is 4.08. The summed E-state index contributed by atoms with van der Waals surface area (Å²) in [5.41, 5.74) is 1.90. The van der Waals surface area contributed by atoms with Crippen LogP contribution in [0.15, 0.2) is 127 Å². The Bertz CT molecular complexity index is 1190. The molecule has 0 spiro atoms. The van der Waals surface area contributed by atoms with E-state index in [1.54, 1.807) is 0 Å². The number of carbonyl (C=O) groups excluding carboxylic acids is 1. The van der Waals surface area contributed by atoms with Crippen molar-refractivity contribution in [1.29, 1.82) is 0 Å². The highest BCUT2D eigenvalue weighted by molar-refractivity contribution is 7.82. The maximum atomic E-state index is 14.2. The van der Waals surface area contributed by atoms with E-state index in [4.69, 9.17) is 0 Å². The molecule has 0 heterocycles. The smallest absolute Gasteiger partial charge is 0.185 e. The Morgan fingerprint density at radius 3 is 1.30 bits per heavy atom. The second-order valence-electron chi connectivity index (χ2n) is 9.04. The van der Waals surface area contributed by atoms with Crippen LogP contribution in [-0.4, -0.2) is 13.9 Å². The van der Waals surface area contributed by atoms with Gasteiger partial charge in [-0.15, -0.1) is 0 Å². The number of ketones is 1. The third kappa shape index (κ3) is 5.30. The van der Waals surface area contributed by atoms with Gasteiger partial charge >= 0.3 is 0 Å². The van der Waals surface area contributed by atoms with Gasteiger partial charge in [-0.05, 0) is 34.6 Å². The van der Waals surface area contributed by atoms with Crippen molar-refractivity contribution >= 4 is 37.7 Å². The molecule has 0 radical (unpaired) electrons. The van der Waals surface area contributed by atoms with E-state index in [9.17, 15) is 4.79 Å². The second-order valence-corrected chi connectivity index (χ2v) is 16.2. The number of hydrogen-bond acceptors (Lipinski definition) is 1. The summed E-state index contributed by atoms with van der Waals surface area (Å²) in [6.45, 7) is 6.86. The van der Waals surface area contributed by atoms with Gasteiger partial charge in [0.25, 0.3) is 0 Å². The predicted molar refractivity (Wildman–Crippen MR) is 147 cm³/mol. The molecule has 0 aliphatic rings. The minimum Gasteiger partial charge on any atom is -0.289 e. The topological polar surface area (TPSA) is 17.1 Å². The largest absolute Gasteiger partial charge is 0.289 e. The van der Waals surface area contributed by atoms with Crippen molar-refractivity contribution in [2.75, 3.05) is 0 Å². The van der Waals surface area contributed by atoms with Crippen molar-refractivity contribution in [2.24, 2.45) is 0 Å². The number of allylic oxidation sites excluding steroid dienone is 1. The van der Waals surface area contributed by atoms with Crippen LogP contribution in [0.1, 0.15) is 15.9 Å². The first kappa shape index (κ1) is 23.1. The van der Waals surface area contributed by atoms with Gasteiger partial charge in [-0.25, -0.2) is 0 Å². The Morgan fingerprint density at radius 2 is 0.909 bits per heavy atom. The molecule has 0 N–H and O–H groups in total. The maximum absolute atomic E-state index is 14.2. The summed E-state index contributed by atoms with van der Waals surface area (Å²) >= 11 is 0. The van der Waals surface area contributed by atoms with Crippen LogP contribution in [0.5, 0.6) is 0 Å². The summed E-state index contributed by atoms with van der Waals surface area (Å²) in [6, 6.07) is 41.6. The highest BCUT2D eigenvalue weighted by atomic mass is 31.1. The Hall–Kier alpha value is -3.06. The number of carbonyl (C=O) groups is 1. The van der Waals surface area contributed by atoms with E-state index in [0.717, 1.165) is 16.3 Å². The van der Waals surface area contributed by atoms with E-state index in [-0.39, 0.29) is 5.78 Å². The van der Waals surface area contributed by atoms with E-state index in [1.807, 2.05) is 36.4 Å². The third-order valence-corrected chi connectivity index (χ3v) is 10.3. The lowest BCUT2D eigenvalue weighted by Gasteiger charge is -2.30. The molecule has 4 rings (SSSR count). The molecule has 0 bridgehead atoms. The third-order valence-electron chi connectivity index (χ3n) is 5.55. The molecule has 33 heavy (non-hydrogen) atoms. The molecule has 0 aromatic heterocycles. The molecule has 164 valence electrons. The first-order chi connectivity index (χ1) is 16.0. The molecule has 0 saturated carbocycles. The zero-order valence-electron chi connectivity index (χ0n) is 19.4. The second kappa shape index (κ2) is 10.3. The lowest BCUT2D eigenvalue weighted by molar-refractivity contribution is 0.104. The van der Waals surface area contributed by atoms with Gasteiger partial charge in [0.1, 0.15) is 0 Å². The highest BCUT2D eigenvalue weighted by Crippen LogP contribution is 2.52. The van der Waals surface area contributed by atoms with Crippen molar-refractivity contribution in [3.05, 3.63) is 138 Å². The van der Waals surface area contributed by atoms with Crippen LogP contribution < -0.4 is 10.6 Å². The summed E-state index contributed by atoms with van der Waals surface area (Å²) in [5, 5.41) is 4.72. The minimum absolute atomic E-state index is 0.160. The van der Waals surface area contributed by atoms with Crippen molar-refractivity contribution in [2.45, 2.75) is 19.6 Å². The molecular weight excluding hydrogens is 435 g/mol. The molecule has 1 nitrogen and oxygen atoms in total. The van der Waals surface area contributed by atoms with Crippen molar-refractivity contribution in [1.82, 2.24) is 0 Å². The molecule has 0 saturated heterocycles. The molecule has 0 aliphatic heterocycles. The number of benzene rings is 4. The van der Waals surface area contributed by atoms with Gasteiger partial charge in [-0.2, -0.15) is 0 Å². The predicted octanol–water partition coefficient (Wildman–Crippen LogP) is 7.29. The number of hydrogen-bond donors (Lipinski definition) is 0. The summed E-state index contributed by atoms with van der Waals surface area (Å²) in [7, 11) is -2.98. The van der Waals surface area contributed by atoms with Crippen LogP contribution in [0.3, 0.4) is 0 Å². The van der Waals surface area contributed by atoms with Crippen LogP contribution in [0.4, 0.5) is 0 Å². The van der Waals surface area contributed by atoms with Crippen LogP contribution in [0.25, 0.3) is 5.31 Å². The van der Waals surface area contributed by atoms with Gasteiger partial charge in [0.2, 0.25) is 0 Å². The van der Waals surface area contributed by atoms with Crippen LogP contribution in [0, 0.1) is 0 Å². The van der Waals surface area contributed by atoms with E-state index >= 15 is 0 Å². The van der Waals surface area contributed by atoms with Gasteiger partial charge in [0, 0.05) is 5.56 Å². The molecule has 4 aromatic carbocycles. The van der Waals surface area contributed by atoms with Crippen LogP contribution >= 0.6 is 7.92 Å².